The van der Waals surface area contributed by atoms with Gasteiger partial charge in [0.2, 0.25) is 0 Å². The van der Waals surface area contributed by atoms with Gasteiger partial charge in [0.1, 0.15) is 0 Å². The number of nitrogens with two attached hydrogens (primary N) is 1. The minimum atomic E-state index is -0.410. The quantitative estimate of drug-likeness (QED) is 0.818. The largest absolute Gasteiger partial charge is 0.461 e. The van der Waals surface area contributed by atoms with Crippen molar-refractivity contribution in [3.63, 3.8) is 0 Å². The molecule has 0 fully saturated rings. The second-order valence-electron chi connectivity index (χ2n) is 4.62. The zero-order valence-electron chi connectivity index (χ0n) is 11.7. The van der Waals surface area contributed by atoms with Crippen LogP contribution in [0.5, 0.6) is 0 Å². The van der Waals surface area contributed by atoms with E-state index in [-0.39, 0.29) is 6.04 Å². The van der Waals surface area contributed by atoms with Crippen molar-refractivity contribution in [3.8, 4) is 0 Å². The van der Waals surface area contributed by atoms with E-state index in [0.29, 0.717) is 18.7 Å². The van der Waals surface area contributed by atoms with Crippen molar-refractivity contribution >= 4 is 5.97 Å². The van der Waals surface area contributed by atoms with Crippen LogP contribution in [-0.2, 0) is 11.2 Å². The number of H-pyrrole nitrogens is 1. The lowest BCUT2D eigenvalue weighted by atomic mass is 9.98. The predicted octanol–water partition coefficient (Wildman–Crippen LogP) is 2.14. The van der Waals surface area contributed by atoms with E-state index in [1.807, 2.05) is 37.3 Å². The van der Waals surface area contributed by atoms with Crippen LogP contribution in [0.2, 0.25) is 0 Å². The van der Waals surface area contributed by atoms with E-state index in [2.05, 4.69) is 10.2 Å². The van der Waals surface area contributed by atoms with Crippen molar-refractivity contribution in [1.82, 2.24) is 10.2 Å². The second-order valence-corrected chi connectivity index (χ2v) is 4.62. The van der Waals surface area contributed by atoms with Crippen LogP contribution in [-0.4, -0.2) is 22.8 Å². The van der Waals surface area contributed by atoms with Gasteiger partial charge in [-0.1, -0.05) is 30.3 Å². The highest BCUT2D eigenvalue weighted by atomic mass is 16.5. The monoisotopic (exact) mass is 273 g/mol. The first kappa shape index (κ1) is 14.3. The van der Waals surface area contributed by atoms with E-state index in [4.69, 9.17) is 10.5 Å². The summed E-state index contributed by atoms with van der Waals surface area (Å²) in [6.45, 7) is 3.98. The van der Waals surface area contributed by atoms with Crippen LogP contribution in [0.15, 0.2) is 30.3 Å². The number of ether oxygens (including phenoxy) is 1. The van der Waals surface area contributed by atoms with Crippen molar-refractivity contribution in [2.75, 3.05) is 6.61 Å². The Morgan fingerprint density at radius 3 is 2.75 bits per heavy atom. The highest BCUT2D eigenvalue weighted by molar-refractivity contribution is 5.89. The number of aryl methyl sites for hydroxylation is 1. The van der Waals surface area contributed by atoms with Crippen LogP contribution in [0.1, 0.15) is 40.3 Å². The molecule has 0 spiro atoms. The van der Waals surface area contributed by atoms with Crippen molar-refractivity contribution < 1.29 is 9.53 Å². The van der Waals surface area contributed by atoms with Gasteiger partial charge in [-0.25, -0.2) is 4.79 Å². The smallest absolute Gasteiger partial charge is 0.359 e. The van der Waals surface area contributed by atoms with Crippen LogP contribution in [0.4, 0.5) is 0 Å². The van der Waals surface area contributed by atoms with E-state index in [1.165, 1.54) is 0 Å². The molecule has 0 saturated heterocycles. The van der Waals surface area contributed by atoms with E-state index in [1.54, 1.807) is 6.92 Å². The van der Waals surface area contributed by atoms with Crippen molar-refractivity contribution in [2.45, 2.75) is 26.3 Å². The number of carbonyl (C=O) groups excluding carboxylic acids is 1. The number of nitrogens with one attached hydrogen (secondary N) is 1. The Kier molecular flexibility index (Phi) is 4.53. The normalized spacial score (nSPS) is 12.2. The fourth-order valence-electron chi connectivity index (χ4n) is 2.11. The molecule has 0 amide bonds. The van der Waals surface area contributed by atoms with Gasteiger partial charge in [0.25, 0.3) is 0 Å². The van der Waals surface area contributed by atoms with Crippen LogP contribution >= 0.6 is 0 Å². The molecule has 0 aliphatic heterocycles. The Hall–Kier alpha value is -2.14. The minimum Gasteiger partial charge on any atom is -0.461 e. The summed E-state index contributed by atoms with van der Waals surface area (Å²) in [5.41, 5.74) is 9.23. The standard InChI is InChI=1S/C15H19N3O2/c1-3-20-15(19)14-12(10(2)17-18-14)9-13(16)11-7-5-4-6-8-11/h4-8,13H,3,9,16H2,1-2H3,(H,17,18)/t13-/m0/s1. The number of hydrogen-bond donors (Lipinski definition) is 2. The topological polar surface area (TPSA) is 81.0 Å². The summed E-state index contributed by atoms with van der Waals surface area (Å²) >= 11 is 0. The average molecular weight is 273 g/mol. The number of esters is 1. The predicted molar refractivity (Wildman–Crippen MR) is 76.4 cm³/mol. The molecule has 5 nitrogen and oxygen atoms in total. The molecule has 0 unspecified atom stereocenters. The number of carbonyl (C=O) groups is 1. The number of hydrogen-bond acceptors (Lipinski definition) is 4. The molecule has 2 rings (SSSR count). The third-order valence-corrected chi connectivity index (χ3v) is 3.19. The van der Waals surface area contributed by atoms with E-state index in [9.17, 15) is 4.79 Å². The molecule has 5 heteroatoms. The highest BCUT2D eigenvalue weighted by Crippen LogP contribution is 2.20. The first-order valence-electron chi connectivity index (χ1n) is 6.65. The van der Waals surface area contributed by atoms with Gasteiger partial charge in [-0.3, -0.25) is 5.10 Å². The molecule has 1 aromatic heterocycles. The molecule has 0 bridgehead atoms. The van der Waals surface area contributed by atoms with Crippen LogP contribution < -0.4 is 5.73 Å². The molecule has 1 heterocycles. The Labute approximate surface area is 118 Å². The second kappa shape index (κ2) is 6.34. The summed E-state index contributed by atoms with van der Waals surface area (Å²) in [4.78, 5) is 11.9. The van der Waals surface area contributed by atoms with Gasteiger partial charge in [-0.05, 0) is 25.8 Å². The average Bonchev–Trinajstić information content (AvgIpc) is 2.81. The molecule has 0 aliphatic carbocycles. The summed E-state index contributed by atoms with van der Waals surface area (Å²) in [6, 6.07) is 9.62. The Morgan fingerprint density at radius 2 is 2.10 bits per heavy atom. The number of aromatic amines is 1. The van der Waals surface area contributed by atoms with Gasteiger partial charge in [-0.15, -0.1) is 0 Å². The Bertz CT molecular complexity index is 578. The van der Waals surface area contributed by atoms with E-state index < -0.39 is 5.97 Å². The number of nitrogens with zero attached hydrogens (tertiary/aromatic N) is 1. The molecular weight excluding hydrogens is 254 g/mol. The molecule has 0 aliphatic rings. The van der Waals surface area contributed by atoms with Gasteiger partial charge in [0, 0.05) is 17.3 Å². The fourth-order valence-corrected chi connectivity index (χ4v) is 2.11. The maximum absolute atomic E-state index is 11.9. The maximum Gasteiger partial charge on any atom is 0.359 e. The molecule has 0 saturated carbocycles. The first-order chi connectivity index (χ1) is 9.63. The van der Waals surface area contributed by atoms with Gasteiger partial charge in [-0.2, -0.15) is 5.10 Å². The van der Waals surface area contributed by atoms with Crippen LogP contribution in [0.3, 0.4) is 0 Å². The Balaban J connectivity index is 2.21. The summed E-state index contributed by atoms with van der Waals surface area (Å²) in [6.07, 6.45) is 0.542. The minimum absolute atomic E-state index is 0.180. The van der Waals surface area contributed by atoms with Gasteiger partial charge >= 0.3 is 5.97 Å². The van der Waals surface area contributed by atoms with Crippen molar-refractivity contribution in [2.24, 2.45) is 5.73 Å². The molecule has 0 radical (unpaired) electrons. The van der Waals surface area contributed by atoms with E-state index in [0.717, 1.165) is 16.8 Å². The summed E-state index contributed by atoms with van der Waals surface area (Å²) in [5, 5.41) is 6.85. The lowest BCUT2D eigenvalue weighted by molar-refractivity contribution is 0.0518. The highest BCUT2D eigenvalue weighted by Gasteiger charge is 2.21. The first-order valence-corrected chi connectivity index (χ1v) is 6.65. The number of benzene rings is 1. The third-order valence-electron chi connectivity index (χ3n) is 3.19. The molecule has 20 heavy (non-hydrogen) atoms. The molecule has 1 aromatic carbocycles. The fraction of sp³-hybridized carbons (Fsp3) is 0.333. The lowest BCUT2D eigenvalue weighted by Crippen LogP contribution is -2.16. The van der Waals surface area contributed by atoms with Gasteiger partial charge < -0.3 is 10.5 Å². The molecule has 106 valence electrons. The van der Waals surface area contributed by atoms with Crippen LogP contribution in [0.25, 0.3) is 0 Å². The molecule has 3 N–H and O–H groups in total. The lowest BCUT2D eigenvalue weighted by Gasteiger charge is -2.12. The zero-order valence-corrected chi connectivity index (χ0v) is 11.7. The van der Waals surface area contributed by atoms with Crippen molar-refractivity contribution in [1.29, 1.82) is 0 Å². The number of rotatable bonds is 5. The zero-order chi connectivity index (χ0) is 14.5. The number of aromatic nitrogens is 2. The summed E-state index contributed by atoms with van der Waals surface area (Å²) < 4.78 is 5.01. The summed E-state index contributed by atoms with van der Waals surface area (Å²) in [5.74, 6) is -0.410. The summed E-state index contributed by atoms with van der Waals surface area (Å²) in [7, 11) is 0. The van der Waals surface area contributed by atoms with Crippen LogP contribution in [0, 0.1) is 6.92 Å². The van der Waals surface area contributed by atoms with E-state index >= 15 is 0 Å². The molecule has 1 atom stereocenters. The maximum atomic E-state index is 11.9. The van der Waals surface area contributed by atoms with Crippen molar-refractivity contribution in [3.05, 3.63) is 52.8 Å². The third kappa shape index (κ3) is 3.05. The Morgan fingerprint density at radius 1 is 1.40 bits per heavy atom. The van der Waals surface area contributed by atoms with Gasteiger partial charge in [0.15, 0.2) is 5.69 Å². The SMILES string of the molecule is CCOC(=O)c1n[nH]c(C)c1C[C@H](N)c1ccccc1. The molecule has 2 aromatic rings. The van der Waals surface area contributed by atoms with Gasteiger partial charge in [0.05, 0.1) is 6.61 Å². The molecular formula is C15H19N3O2.